The molecule has 0 amide bonds. The monoisotopic (exact) mass is 504 g/mol. The van der Waals surface area contributed by atoms with E-state index in [4.69, 9.17) is 18.9 Å². The highest BCUT2D eigenvalue weighted by atomic mass is 16.5. The van der Waals surface area contributed by atoms with Crippen LogP contribution in [0.2, 0.25) is 0 Å². The first kappa shape index (κ1) is 24.2. The Balaban J connectivity index is 1.41. The normalized spacial score (nSPS) is 27.9. The Hall–Kier alpha value is -3.19. The van der Waals surface area contributed by atoms with Crippen molar-refractivity contribution in [2.45, 2.75) is 44.1 Å². The smallest absolute Gasteiger partial charge is 0.338 e. The second-order valence-corrected chi connectivity index (χ2v) is 10.9. The quantitative estimate of drug-likeness (QED) is 0.459. The Morgan fingerprint density at radius 3 is 2.68 bits per heavy atom. The highest BCUT2D eigenvalue weighted by molar-refractivity contribution is 5.90. The van der Waals surface area contributed by atoms with Gasteiger partial charge in [-0.15, -0.1) is 0 Å². The topological polar surface area (TPSA) is 73.0 Å². The molecule has 0 spiro atoms. The van der Waals surface area contributed by atoms with E-state index < -0.39 is 0 Å². The zero-order valence-electron chi connectivity index (χ0n) is 22.1. The Bertz CT molecular complexity index is 1330. The van der Waals surface area contributed by atoms with Gasteiger partial charge in [-0.1, -0.05) is 13.3 Å². The van der Waals surface area contributed by atoms with Gasteiger partial charge in [0.25, 0.3) is 0 Å². The molecular weight excluding hydrogens is 468 g/mol. The molecule has 1 aliphatic carbocycles. The summed E-state index contributed by atoms with van der Waals surface area (Å²) in [4.78, 5) is 19.9. The molecule has 7 heteroatoms. The fourth-order valence-electron chi connectivity index (χ4n) is 7.58. The molecule has 1 saturated carbocycles. The second-order valence-electron chi connectivity index (χ2n) is 10.9. The maximum Gasteiger partial charge on any atom is 0.338 e. The van der Waals surface area contributed by atoms with Crippen molar-refractivity contribution < 1.29 is 23.7 Å². The van der Waals surface area contributed by atoms with Gasteiger partial charge < -0.3 is 23.9 Å². The van der Waals surface area contributed by atoms with E-state index in [-0.39, 0.29) is 11.4 Å². The third-order valence-corrected chi connectivity index (χ3v) is 9.05. The number of aromatic amines is 1. The fraction of sp³-hybridized carbons (Fsp3) is 0.500. The minimum atomic E-state index is -0.333. The van der Waals surface area contributed by atoms with Gasteiger partial charge in [-0.05, 0) is 73.1 Å². The summed E-state index contributed by atoms with van der Waals surface area (Å²) >= 11 is 0. The Labute approximate surface area is 218 Å². The number of rotatable bonds is 7. The molecule has 0 radical (unpaired) electrons. The lowest BCUT2D eigenvalue weighted by Crippen LogP contribution is -2.66. The van der Waals surface area contributed by atoms with Crippen molar-refractivity contribution in [3.63, 3.8) is 0 Å². The SMILES string of the molecule is CC[C@H]1C[C@H]2CN3CCc4c([nH]c5ccc(OC)cc45)[C@](COC(=O)c4ccc(OC)c(OC)c4)(C2)[C@H]13. The van der Waals surface area contributed by atoms with Gasteiger partial charge in [0.05, 0.1) is 32.3 Å². The highest BCUT2D eigenvalue weighted by Gasteiger charge is 2.58. The molecule has 1 aromatic heterocycles. The van der Waals surface area contributed by atoms with Gasteiger partial charge in [-0.2, -0.15) is 0 Å². The summed E-state index contributed by atoms with van der Waals surface area (Å²) in [7, 11) is 4.87. The summed E-state index contributed by atoms with van der Waals surface area (Å²) in [6.07, 6.45) is 4.40. The van der Waals surface area contributed by atoms with Crippen molar-refractivity contribution >= 4 is 16.9 Å². The fourth-order valence-corrected chi connectivity index (χ4v) is 7.58. The number of fused-ring (bicyclic) bond motifs is 4. The van der Waals surface area contributed by atoms with E-state index in [2.05, 4.69) is 28.9 Å². The molecule has 1 N–H and O–H groups in total. The van der Waals surface area contributed by atoms with E-state index in [1.54, 1.807) is 39.5 Å². The Kier molecular flexibility index (Phi) is 6.06. The van der Waals surface area contributed by atoms with Gasteiger partial charge in [0.1, 0.15) is 12.4 Å². The van der Waals surface area contributed by atoms with Gasteiger partial charge in [0, 0.05) is 35.7 Å². The minimum absolute atomic E-state index is 0.272. The number of hydrogen-bond acceptors (Lipinski definition) is 6. The van der Waals surface area contributed by atoms with Gasteiger partial charge in [-0.3, -0.25) is 4.90 Å². The van der Waals surface area contributed by atoms with Crippen molar-refractivity contribution in [2.24, 2.45) is 11.8 Å². The van der Waals surface area contributed by atoms with Gasteiger partial charge >= 0.3 is 5.97 Å². The lowest BCUT2D eigenvalue weighted by molar-refractivity contribution is -0.0811. The van der Waals surface area contributed by atoms with Crippen LogP contribution in [-0.2, 0) is 16.6 Å². The van der Waals surface area contributed by atoms with Crippen LogP contribution in [0.1, 0.15) is 47.8 Å². The molecule has 2 saturated heterocycles. The van der Waals surface area contributed by atoms with Crippen molar-refractivity contribution in [2.75, 3.05) is 41.0 Å². The van der Waals surface area contributed by atoms with Gasteiger partial charge in [0.2, 0.25) is 0 Å². The van der Waals surface area contributed by atoms with E-state index in [9.17, 15) is 4.79 Å². The number of ether oxygens (including phenoxy) is 4. The van der Waals surface area contributed by atoms with Crippen LogP contribution in [0.4, 0.5) is 0 Å². The first-order chi connectivity index (χ1) is 18.0. The van der Waals surface area contributed by atoms with Crippen molar-refractivity contribution in [1.29, 1.82) is 0 Å². The zero-order chi connectivity index (χ0) is 25.7. The molecule has 4 bridgehead atoms. The largest absolute Gasteiger partial charge is 0.497 e. The number of aromatic nitrogens is 1. The van der Waals surface area contributed by atoms with Crippen LogP contribution in [0, 0.1) is 11.8 Å². The lowest BCUT2D eigenvalue weighted by Gasteiger charge is -2.59. The number of methoxy groups -OCH3 is 3. The summed E-state index contributed by atoms with van der Waals surface area (Å²) < 4.78 is 22.5. The standard InChI is InChI=1S/C30H36N2O5/c1-5-19-12-18-15-30(17-37-29(33)20-6-9-25(35-3)26(13-20)36-4)27-22(10-11-32(16-18)28(19)30)23-14-21(34-2)7-8-24(23)31-27/h6-9,13-14,18-19,28,31H,5,10-12,15-17H2,1-4H3/t18-,19+,28+,30-/m1/s1. The molecule has 3 aromatic rings. The third-order valence-electron chi connectivity index (χ3n) is 9.05. The summed E-state index contributed by atoms with van der Waals surface area (Å²) in [5.41, 5.74) is 3.92. The molecule has 5 atom stereocenters. The maximum atomic E-state index is 13.4. The van der Waals surface area contributed by atoms with Crippen LogP contribution in [0.15, 0.2) is 36.4 Å². The number of nitrogens with one attached hydrogen (secondary N) is 1. The van der Waals surface area contributed by atoms with Gasteiger partial charge in [-0.25, -0.2) is 4.79 Å². The van der Waals surface area contributed by atoms with E-state index in [1.807, 2.05) is 6.07 Å². The summed E-state index contributed by atoms with van der Waals surface area (Å²) in [6, 6.07) is 11.8. The predicted molar refractivity (Wildman–Crippen MR) is 142 cm³/mol. The number of benzene rings is 2. The maximum absolute atomic E-state index is 13.4. The minimum Gasteiger partial charge on any atom is -0.497 e. The highest BCUT2D eigenvalue weighted by Crippen LogP contribution is 2.55. The van der Waals surface area contributed by atoms with Crippen LogP contribution < -0.4 is 14.2 Å². The van der Waals surface area contributed by atoms with Crippen LogP contribution >= 0.6 is 0 Å². The third kappa shape index (κ3) is 3.78. The van der Waals surface area contributed by atoms with E-state index >= 15 is 0 Å². The van der Waals surface area contributed by atoms with Crippen LogP contribution in [0.5, 0.6) is 17.2 Å². The van der Waals surface area contributed by atoms with E-state index in [0.717, 1.165) is 43.6 Å². The van der Waals surface area contributed by atoms with Crippen LogP contribution in [-0.4, -0.2) is 62.9 Å². The lowest BCUT2D eigenvalue weighted by atomic mass is 9.56. The number of nitrogens with zero attached hydrogens (tertiary/aromatic N) is 1. The number of piperidine rings is 2. The molecule has 37 heavy (non-hydrogen) atoms. The summed E-state index contributed by atoms with van der Waals surface area (Å²) in [6.45, 7) is 4.82. The molecule has 7 nitrogen and oxygen atoms in total. The molecule has 3 aliphatic heterocycles. The Morgan fingerprint density at radius 1 is 1.08 bits per heavy atom. The number of H-pyrrole nitrogens is 1. The summed E-state index contributed by atoms with van der Waals surface area (Å²) in [5, 5.41) is 1.22. The molecule has 1 unspecified atom stereocenters. The van der Waals surface area contributed by atoms with Crippen molar-refractivity contribution in [3.8, 4) is 17.2 Å². The molecule has 2 aromatic carbocycles. The first-order valence-corrected chi connectivity index (χ1v) is 13.3. The Morgan fingerprint density at radius 2 is 1.92 bits per heavy atom. The van der Waals surface area contributed by atoms with Crippen molar-refractivity contribution in [3.05, 3.63) is 53.2 Å². The molecular formula is C30H36N2O5. The zero-order valence-corrected chi connectivity index (χ0v) is 22.1. The number of carbonyl (C=O) groups is 1. The number of hydrogen-bond donors (Lipinski definition) is 1. The van der Waals surface area contributed by atoms with Crippen LogP contribution in [0.3, 0.4) is 0 Å². The number of carbonyl (C=O) groups excluding carboxylic acids is 1. The number of esters is 1. The first-order valence-electron chi connectivity index (χ1n) is 13.3. The second kappa shape index (κ2) is 9.28. The van der Waals surface area contributed by atoms with Crippen LogP contribution in [0.25, 0.3) is 10.9 Å². The van der Waals surface area contributed by atoms with Gasteiger partial charge in [0.15, 0.2) is 11.5 Å². The summed E-state index contributed by atoms with van der Waals surface area (Å²) in [5.74, 6) is 2.82. The average Bonchev–Trinajstić information content (AvgIpc) is 3.28. The molecule has 196 valence electrons. The molecule has 7 rings (SSSR count). The van der Waals surface area contributed by atoms with E-state index in [1.165, 1.54) is 23.1 Å². The molecule has 4 heterocycles. The molecule has 4 aliphatic rings. The average molecular weight is 505 g/mol. The van der Waals surface area contributed by atoms with E-state index in [0.29, 0.717) is 41.5 Å². The predicted octanol–water partition coefficient (Wildman–Crippen LogP) is 4.97. The van der Waals surface area contributed by atoms with Crippen molar-refractivity contribution in [1.82, 2.24) is 9.88 Å². The molecule has 3 fully saturated rings.